The van der Waals surface area contributed by atoms with E-state index in [0.717, 1.165) is 18.2 Å². The molecule has 0 aliphatic heterocycles. The second-order valence-electron chi connectivity index (χ2n) is 3.25. The van der Waals surface area contributed by atoms with E-state index < -0.39 is 23.6 Å². The van der Waals surface area contributed by atoms with Crippen LogP contribution >= 0.6 is 0 Å². The van der Waals surface area contributed by atoms with Gasteiger partial charge in [-0.3, -0.25) is 10.1 Å². The van der Waals surface area contributed by atoms with Crippen molar-refractivity contribution in [3.8, 4) is 0 Å². The SMILES string of the molecule is CCOC(=O)NC(=O)CNc1cc(F)ccc1F. The molecule has 18 heavy (non-hydrogen) atoms. The van der Waals surface area contributed by atoms with Crippen molar-refractivity contribution in [1.82, 2.24) is 5.32 Å². The number of hydrogen-bond donors (Lipinski definition) is 2. The fourth-order valence-electron chi connectivity index (χ4n) is 1.13. The van der Waals surface area contributed by atoms with Gasteiger partial charge in [-0.05, 0) is 25.1 Å². The van der Waals surface area contributed by atoms with Crippen LogP contribution in [0.4, 0.5) is 19.3 Å². The standard InChI is InChI=1S/C11H12F2N2O3/c1-2-18-11(17)15-10(16)6-14-9-5-7(12)3-4-8(9)13/h3-5,14H,2,6H2,1H3,(H,15,16,17). The van der Waals surface area contributed by atoms with Crippen LogP contribution in [0.2, 0.25) is 0 Å². The smallest absolute Gasteiger partial charge is 0.413 e. The Bertz CT molecular complexity index is 452. The van der Waals surface area contributed by atoms with Crippen LogP contribution in [0.3, 0.4) is 0 Å². The largest absolute Gasteiger partial charge is 0.450 e. The molecule has 0 unspecified atom stereocenters. The summed E-state index contributed by atoms with van der Waals surface area (Å²) in [4.78, 5) is 22.1. The number of alkyl carbamates (subject to hydrolysis) is 1. The molecule has 98 valence electrons. The van der Waals surface area contributed by atoms with E-state index in [9.17, 15) is 18.4 Å². The first-order valence-electron chi connectivity index (χ1n) is 5.18. The molecule has 1 rings (SSSR count). The summed E-state index contributed by atoms with van der Waals surface area (Å²) >= 11 is 0. The van der Waals surface area contributed by atoms with E-state index in [1.807, 2.05) is 5.32 Å². The van der Waals surface area contributed by atoms with Gasteiger partial charge in [0.1, 0.15) is 11.6 Å². The lowest BCUT2D eigenvalue weighted by Gasteiger charge is -2.07. The number of carbonyl (C=O) groups excluding carboxylic acids is 2. The van der Waals surface area contributed by atoms with Crippen LogP contribution in [-0.2, 0) is 9.53 Å². The van der Waals surface area contributed by atoms with E-state index in [1.54, 1.807) is 6.92 Å². The maximum atomic E-state index is 13.2. The fraction of sp³-hybridized carbons (Fsp3) is 0.273. The highest BCUT2D eigenvalue weighted by atomic mass is 19.1. The van der Waals surface area contributed by atoms with E-state index in [2.05, 4.69) is 10.1 Å². The van der Waals surface area contributed by atoms with Gasteiger partial charge >= 0.3 is 6.09 Å². The molecular formula is C11H12F2N2O3. The lowest BCUT2D eigenvalue weighted by atomic mass is 10.3. The summed E-state index contributed by atoms with van der Waals surface area (Å²) in [5, 5.41) is 4.27. The van der Waals surface area contributed by atoms with E-state index in [4.69, 9.17) is 0 Å². The molecule has 0 aromatic heterocycles. The molecule has 0 radical (unpaired) electrons. The van der Waals surface area contributed by atoms with Gasteiger partial charge in [-0.2, -0.15) is 0 Å². The van der Waals surface area contributed by atoms with Gasteiger partial charge in [0, 0.05) is 0 Å². The average Bonchev–Trinajstić information content (AvgIpc) is 2.30. The fourth-order valence-corrected chi connectivity index (χ4v) is 1.13. The Morgan fingerprint density at radius 2 is 2.06 bits per heavy atom. The molecule has 2 amide bonds. The highest BCUT2D eigenvalue weighted by molar-refractivity contribution is 5.93. The summed E-state index contributed by atoms with van der Waals surface area (Å²) in [5.41, 5.74) is -0.158. The molecule has 0 saturated carbocycles. The zero-order valence-electron chi connectivity index (χ0n) is 9.63. The van der Waals surface area contributed by atoms with Crippen molar-refractivity contribution in [3.05, 3.63) is 29.8 Å². The summed E-state index contributed by atoms with van der Waals surface area (Å²) in [6.45, 7) is 1.34. The molecule has 7 heteroatoms. The molecule has 0 aliphatic carbocycles. The molecule has 0 heterocycles. The normalized spacial score (nSPS) is 9.72. The van der Waals surface area contributed by atoms with Gasteiger partial charge in [0.05, 0.1) is 18.8 Å². The Labute approximate surface area is 102 Å². The van der Waals surface area contributed by atoms with Crippen LogP contribution in [0.5, 0.6) is 0 Å². The van der Waals surface area contributed by atoms with Crippen LogP contribution in [-0.4, -0.2) is 25.2 Å². The number of rotatable bonds is 4. The minimum atomic E-state index is -0.885. The predicted molar refractivity (Wildman–Crippen MR) is 60.0 cm³/mol. The molecule has 0 bridgehead atoms. The van der Waals surface area contributed by atoms with E-state index in [1.165, 1.54) is 0 Å². The highest BCUT2D eigenvalue weighted by Crippen LogP contribution is 2.14. The van der Waals surface area contributed by atoms with E-state index in [0.29, 0.717) is 0 Å². The number of carbonyl (C=O) groups is 2. The average molecular weight is 258 g/mol. The number of anilines is 1. The number of hydrogen-bond acceptors (Lipinski definition) is 4. The number of nitrogens with one attached hydrogen (secondary N) is 2. The van der Waals surface area contributed by atoms with Crippen molar-refractivity contribution in [3.63, 3.8) is 0 Å². The van der Waals surface area contributed by atoms with Crippen molar-refractivity contribution in [2.45, 2.75) is 6.92 Å². The Morgan fingerprint density at radius 3 is 2.72 bits per heavy atom. The lowest BCUT2D eigenvalue weighted by molar-refractivity contribution is -0.118. The van der Waals surface area contributed by atoms with Crippen LogP contribution < -0.4 is 10.6 Å². The Morgan fingerprint density at radius 1 is 1.33 bits per heavy atom. The number of benzene rings is 1. The third-order valence-electron chi connectivity index (χ3n) is 1.88. The second-order valence-corrected chi connectivity index (χ2v) is 3.25. The minimum Gasteiger partial charge on any atom is -0.450 e. The van der Waals surface area contributed by atoms with Gasteiger partial charge in [-0.1, -0.05) is 0 Å². The first-order valence-corrected chi connectivity index (χ1v) is 5.18. The lowest BCUT2D eigenvalue weighted by Crippen LogP contribution is -2.35. The first-order chi connectivity index (χ1) is 8.52. The molecule has 1 aromatic rings. The van der Waals surface area contributed by atoms with Gasteiger partial charge in [0.25, 0.3) is 0 Å². The van der Waals surface area contributed by atoms with Crippen molar-refractivity contribution in [2.75, 3.05) is 18.5 Å². The van der Waals surface area contributed by atoms with Gasteiger partial charge in [0.15, 0.2) is 0 Å². The summed E-state index contributed by atoms with van der Waals surface area (Å²) in [5.74, 6) is -2.04. The third-order valence-corrected chi connectivity index (χ3v) is 1.88. The van der Waals surface area contributed by atoms with E-state index in [-0.39, 0.29) is 18.8 Å². The van der Waals surface area contributed by atoms with Crippen molar-refractivity contribution in [2.24, 2.45) is 0 Å². The van der Waals surface area contributed by atoms with Gasteiger partial charge in [0.2, 0.25) is 5.91 Å². The quantitative estimate of drug-likeness (QED) is 0.861. The molecule has 0 saturated heterocycles. The second kappa shape index (κ2) is 6.53. The summed E-state index contributed by atoms with van der Waals surface area (Å²) in [6.07, 6.45) is -0.885. The molecule has 5 nitrogen and oxygen atoms in total. The van der Waals surface area contributed by atoms with Gasteiger partial charge in [-0.25, -0.2) is 13.6 Å². The van der Waals surface area contributed by atoms with E-state index >= 15 is 0 Å². The molecule has 2 N–H and O–H groups in total. The molecule has 0 aliphatic rings. The predicted octanol–water partition coefficient (Wildman–Crippen LogP) is 1.65. The molecule has 0 atom stereocenters. The van der Waals surface area contributed by atoms with Gasteiger partial charge < -0.3 is 10.1 Å². The summed E-state index contributed by atoms with van der Waals surface area (Å²) in [7, 11) is 0. The minimum absolute atomic E-state index is 0.130. The van der Waals surface area contributed by atoms with Crippen molar-refractivity contribution < 1.29 is 23.1 Å². The molecule has 0 spiro atoms. The Kier molecular flexibility index (Phi) is 5.04. The van der Waals surface area contributed by atoms with Crippen LogP contribution in [0.1, 0.15) is 6.92 Å². The number of halogens is 2. The summed E-state index contributed by atoms with van der Waals surface area (Å²) < 4.78 is 30.4. The Hall–Kier alpha value is -2.18. The zero-order chi connectivity index (χ0) is 13.5. The topological polar surface area (TPSA) is 67.4 Å². The van der Waals surface area contributed by atoms with Crippen molar-refractivity contribution >= 4 is 17.7 Å². The maximum Gasteiger partial charge on any atom is 0.413 e. The highest BCUT2D eigenvalue weighted by Gasteiger charge is 2.09. The van der Waals surface area contributed by atoms with Gasteiger partial charge in [-0.15, -0.1) is 0 Å². The first kappa shape index (κ1) is 13.9. The molecular weight excluding hydrogens is 246 g/mol. The molecule has 1 aromatic carbocycles. The zero-order valence-corrected chi connectivity index (χ0v) is 9.63. The monoisotopic (exact) mass is 258 g/mol. The van der Waals surface area contributed by atoms with Crippen LogP contribution in [0.15, 0.2) is 18.2 Å². The van der Waals surface area contributed by atoms with Crippen LogP contribution in [0.25, 0.3) is 0 Å². The van der Waals surface area contributed by atoms with Crippen LogP contribution in [0, 0.1) is 11.6 Å². The third kappa shape index (κ3) is 4.36. The molecule has 0 fully saturated rings. The maximum absolute atomic E-state index is 13.2. The summed E-state index contributed by atoms with van der Waals surface area (Å²) in [6, 6.07) is 2.80. The number of amides is 2. The Balaban J connectivity index is 2.47. The van der Waals surface area contributed by atoms with Crippen molar-refractivity contribution in [1.29, 1.82) is 0 Å². The number of imide groups is 1. The number of ether oxygens (including phenoxy) is 1.